The van der Waals surface area contributed by atoms with Crippen LogP contribution in [0.25, 0.3) is 22.0 Å². The molecule has 1 heterocycles. The van der Waals surface area contributed by atoms with Gasteiger partial charge in [-0.3, -0.25) is 9.78 Å². The number of allylic oxidation sites excluding steroid dienone is 2. The second kappa shape index (κ2) is 11.5. The van der Waals surface area contributed by atoms with Crippen molar-refractivity contribution in [1.29, 1.82) is 0 Å². The summed E-state index contributed by atoms with van der Waals surface area (Å²) in [7, 11) is 0. The van der Waals surface area contributed by atoms with E-state index in [1.807, 2.05) is 59.9 Å². The Bertz CT molecular complexity index is 1140. The summed E-state index contributed by atoms with van der Waals surface area (Å²) >= 11 is 0. The SMILES string of the molecule is CC(C)(C)C(=O)/C=C(\O)C(C)(C)C.CC(C)(C)c1cc[c-]c(-c2cccc3cccnc23)c1.[Pt]. The van der Waals surface area contributed by atoms with Crippen molar-refractivity contribution in [2.45, 2.75) is 67.7 Å². The average Bonchev–Trinajstić information content (AvgIpc) is 2.72. The first-order valence-electron chi connectivity index (χ1n) is 11.4. The number of carbonyl (C=O) groups excluding carboxylic acids is 1. The van der Waals surface area contributed by atoms with Crippen LogP contribution < -0.4 is 0 Å². The van der Waals surface area contributed by atoms with Gasteiger partial charge in [0.1, 0.15) is 5.76 Å². The molecule has 0 saturated heterocycles. The smallest absolute Gasteiger partial charge is 0.164 e. The minimum absolute atomic E-state index is 0. The Labute approximate surface area is 220 Å². The number of para-hydroxylation sites is 1. The van der Waals surface area contributed by atoms with Crippen LogP contribution in [0.2, 0.25) is 0 Å². The monoisotopic (exact) mass is 639 g/mol. The number of pyridine rings is 1. The van der Waals surface area contributed by atoms with Crippen molar-refractivity contribution < 1.29 is 31.0 Å². The molecule has 3 nitrogen and oxygen atoms in total. The number of hydrogen-bond acceptors (Lipinski definition) is 3. The molecule has 0 radical (unpaired) electrons. The van der Waals surface area contributed by atoms with Gasteiger partial charge in [-0.05, 0) is 16.9 Å². The van der Waals surface area contributed by atoms with E-state index in [2.05, 4.69) is 68.2 Å². The Balaban J connectivity index is 0.000000364. The number of nitrogens with zero attached hydrogens (tertiary/aromatic N) is 1. The predicted octanol–water partition coefficient (Wildman–Crippen LogP) is 8.09. The van der Waals surface area contributed by atoms with Crippen LogP contribution in [-0.4, -0.2) is 15.9 Å². The van der Waals surface area contributed by atoms with Gasteiger partial charge in [0, 0.05) is 49.7 Å². The van der Waals surface area contributed by atoms with Crippen molar-refractivity contribution in [2.75, 3.05) is 0 Å². The maximum Gasteiger partial charge on any atom is 0.164 e. The molecule has 186 valence electrons. The molecule has 0 aliphatic rings. The standard InChI is InChI=1S/C19H18N.C11H20O2.Pt/c1-19(2,3)16-10-4-8-15(13-16)17-11-5-7-14-9-6-12-20-18(14)17;1-10(2,3)8(12)7-9(13)11(4,5)6;/h4-7,9-13H,1-3H3;7,12H,1-6H3;/q-1;;/b;8-7-;. The first-order valence-corrected chi connectivity index (χ1v) is 11.4. The molecular weight excluding hydrogens is 601 g/mol. The van der Waals surface area contributed by atoms with Gasteiger partial charge in [-0.1, -0.05) is 92.1 Å². The molecule has 1 aromatic heterocycles. The minimum atomic E-state index is -0.417. The van der Waals surface area contributed by atoms with Gasteiger partial charge in [0.15, 0.2) is 5.78 Å². The topological polar surface area (TPSA) is 50.2 Å². The fourth-order valence-corrected chi connectivity index (χ4v) is 2.97. The minimum Gasteiger partial charge on any atom is -0.512 e. The molecule has 0 bridgehead atoms. The molecule has 4 heteroatoms. The summed E-state index contributed by atoms with van der Waals surface area (Å²) in [6.07, 6.45) is 3.18. The zero-order valence-electron chi connectivity index (χ0n) is 21.9. The Morgan fingerprint density at radius 1 is 0.912 bits per heavy atom. The van der Waals surface area contributed by atoms with Crippen LogP contribution in [0.15, 0.2) is 66.6 Å². The summed E-state index contributed by atoms with van der Waals surface area (Å²) in [6.45, 7) is 17.8. The number of fused-ring (bicyclic) bond motifs is 1. The van der Waals surface area contributed by atoms with Crippen molar-refractivity contribution in [3.8, 4) is 11.1 Å². The van der Waals surface area contributed by atoms with E-state index in [1.165, 1.54) is 17.0 Å². The third-order valence-electron chi connectivity index (χ3n) is 5.37. The number of rotatable bonds is 2. The number of hydrogen-bond donors (Lipinski definition) is 1. The Kier molecular flexibility index (Phi) is 10.0. The van der Waals surface area contributed by atoms with E-state index in [1.54, 1.807) is 0 Å². The van der Waals surface area contributed by atoms with Crippen LogP contribution in [0.5, 0.6) is 0 Å². The van der Waals surface area contributed by atoms with Crippen molar-refractivity contribution in [3.63, 3.8) is 0 Å². The third kappa shape index (κ3) is 8.20. The number of benzene rings is 2. The van der Waals surface area contributed by atoms with Crippen molar-refractivity contribution in [2.24, 2.45) is 10.8 Å². The Morgan fingerprint density at radius 2 is 1.53 bits per heavy atom. The molecule has 0 saturated carbocycles. The Morgan fingerprint density at radius 3 is 2.09 bits per heavy atom. The van der Waals surface area contributed by atoms with Gasteiger partial charge in [-0.25, -0.2) is 0 Å². The number of aliphatic hydroxyl groups excluding tert-OH is 1. The molecule has 0 unspecified atom stereocenters. The van der Waals surface area contributed by atoms with Gasteiger partial charge in [-0.2, -0.15) is 0 Å². The van der Waals surface area contributed by atoms with E-state index in [4.69, 9.17) is 0 Å². The molecule has 0 amide bonds. The zero-order valence-corrected chi connectivity index (χ0v) is 24.2. The Hall–Kier alpha value is -2.25. The molecule has 0 aliphatic heterocycles. The largest absolute Gasteiger partial charge is 0.512 e. The first-order chi connectivity index (χ1) is 15.1. The van der Waals surface area contributed by atoms with Gasteiger partial charge in [0.2, 0.25) is 0 Å². The van der Waals surface area contributed by atoms with Gasteiger partial charge in [0.25, 0.3) is 0 Å². The third-order valence-corrected chi connectivity index (χ3v) is 5.37. The molecule has 34 heavy (non-hydrogen) atoms. The number of aliphatic hydroxyl groups is 1. The van der Waals surface area contributed by atoms with Gasteiger partial charge < -0.3 is 5.11 Å². The molecular formula is C30H38NO2Pt-. The summed E-state index contributed by atoms with van der Waals surface area (Å²) in [6, 6.07) is 20.1. The maximum absolute atomic E-state index is 11.5. The van der Waals surface area contributed by atoms with Crippen LogP contribution in [0.3, 0.4) is 0 Å². The zero-order chi connectivity index (χ0) is 25.0. The maximum atomic E-state index is 11.5. The fourth-order valence-electron chi connectivity index (χ4n) is 2.97. The van der Waals surface area contributed by atoms with Gasteiger partial charge in [0.05, 0.1) is 0 Å². The predicted molar refractivity (Wildman–Crippen MR) is 139 cm³/mol. The van der Waals surface area contributed by atoms with E-state index in [0.29, 0.717) is 0 Å². The average molecular weight is 640 g/mol. The molecule has 3 rings (SSSR count). The molecule has 1 N–H and O–H groups in total. The molecule has 0 fully saturated rings. The normalized spacial score (nSPS) is 12.4. The number of ketones is 1. The fraction of sp³-hybridized carbons (Fsp3) is 0.400. The second-order valence-corrected chi connectivity index (χ2v) is 11.5. The summed E-state index contributed by atoms with van der Waals surface area (Å²) in [5.74, 6) is 0.104. The summed E-state index contributed by atoms with van der Waals surface area (Å²) in [5, 5.41) is 10.7. The molecule has 3 aromatic rings. The van der Waals surface area contributed by atoms with E-state index in [-0.39, 0.29) is 43.4 Å². The molecule has 0 spiro atoms. The summed E-state index contributed by atoms with van der Waals surface area (Å²) < 4.78 is 0. The van der Waals surface area contributed by atoms with E-state index < -0.39 is 5.41 Å². The summed E-state index contributed by atoms with van der Waals surface area (Å²) in [5.41, 5.74) is 3.99. The summed E-state index contributed by atoms with van der Waals surface area (Å²) in [4.78, 5) is 16.0. The second-order valence-electron chi connectivity index (χ2n) is 11.5. The van der Waals surface area contributed by atoms with E-state index in [0.717, 1.165) is 16.6 Å². The number of aromatic nitrogens is 1. The van der Waals surface area contributed by atoms with Crippen LogP contribution in [-0.2, 0) is 31.3 Å². The van der Waals surface area contributed by atoms with Crippen LogP contribution in [0.4, 0.5) is 0 Å². The molecule has 0 aliphatic carbocycles. The van der Waals surface area contributed by atoms with Gasteiger partial charge >= 0.3 is 0 Å². The molecule has 2 aromatic carbocycles. The van der Waals surface area contributed by atoms with E-state index in [9.17, 15) is 9.90 Å². The van der Waals surface area contributed by atoms with Crippen LogP contribution in [0.1, 0.15) is 67.9 Å². The number of carbonyl (C=O) groups is 1. The van der Waals surface area contributed by atoms with Gasteiger partial charge in [-0.15, -0.1) is 35.4 Å². The molecule has 0 atom stereocenters. The van der Waals surface area contributed by atoms with Crippen molar-refractivity contribution in [1.82, 2.24) is 4.98 Å². The van der Waals surface area contributed by atoms with Crippen molar-refractivity contribution in [3.05, 3.63) is 78.2 Å². The quantitative estimate of drug-likeness (QED) is 0.175. The first kappa shape index (κ1) is 29.8. The van der Waals surface area contributed by atoms with Crippen LogP contribution >= 0.6 is 0 Å². The van der Waals surface area contributed by atoms with Crippen molar-refractivity contribution >= 4 is 16.7 Å². The van der Waals surface area contributed by atoms with E-state index >= 15 is 0 Å². The van der Waals surface area contributed by atoms with Crippen LogP contribution in [0, 0.1) is 16.9 Å².